The maximum atomic E-state index is 6.17. The maximum absolute atomic E-state index is 6.17. The van der Waals surface area contributed by atoms with Gasteiger partial charge in [0.25, 0.3) is 0 Å². The summed E-state index contributed by atoms with van der Waals surface area (Å²) in [5, 5.41) is 10.2. The molecule has 5 rings (SSSR count). The highest BCUT2D eigenvalue weighted by Gasteiger charge is 2.15. The van der Waals surface area contributed by atoms with Crippen molar-refractivity contribution in [2.45, 2.75) is 37.7 Å². The van der Waals surface area contributed by atoms with E-state index in [0.717, 1.165) is 38.2 Å². The zero-order valence-corrected chi connectivity index (χ0v) is 21.3. The Morgan fingerprint density at radius 1 is 0.971 bits per heavy atom. The third-order valence-corrected chi connectivity index (χ3v) is 6.91. The molecule has 0 amide bonds. The molecule has 1 aliphatic rings. The molecule has 0 bridgehead atoms. The molecule has 1 fully saturated rings. The summed E-state index contributed by atoms with van der Waals surface area (Å²) in [6.07, 6.45) is 9.79. The fraction of sp³-hybridized carbons (Fsp3) is 0.321. The smallest absolute Gasteiger partial charge is 0.155 e. The van der Waals surface area contributed by atoms with Crippen molar-refractivity contribution in [2.75, 3.05) is 31.6 Å². The predicted octanol–water partition coefficient (Wildman–Crippen LogP) is 6.07. The van der Waals surface area contributed by atoms with Crippen LogP contribution in [0.3, 0.4) is 0 Å². The zero-order chi connectivity index (χ0) is 24.5. The number of anilines is 1. The molecule has 2 aromatic carbocycles. The van der Waals surface area contributed by atoms with Crippen molar-refractivity contribution in [3.05, 3.63) is 72.6 Å². The second-order valence-electron chi connectivity index (χ2n) is 8.49. The normalized spacial score (nSPS) is 13.8. The average Bonchev–Trinajstić information content (AvgIpc) is 2.94. The van der Waals surface area contributed by atoms with Gasteiger partial charge in [-0.3, -0.25) is 4.98 Å². The second-order valence-corrected chi connectivity index (χ2v) is 9.37. The first-order valence-corrected chi connectivity index (χ1v) is 13.4. The molecule has 3 heterocycles. The summed E-state index contributed by atoms with van der Waals surface area (Å²) in [6, 6.07) is 18.1. The van der Waals surface area contributed by atoms with Crippen molar-refractivity contribution in [3.8, 4) is 17.0 Å². The van der Waals surface area contributed by atoms with E-state index in [1.165, 1.54) is 38.9 Å². The van der Waals surface area contributed by atoms with Crippen molar-refractivity contribution >= 4 is 28.4 Å². The number of pyridine rings is 1. The van der Waals surface area contributed by atoms with E-state index in [1.807, 2.05) is 54.8 Å². The van der Waals surface area contributed by atoms with Gasteiger partial charge in [-0.25, -0.2) is 0 Å². The molecular formula is C28H33N5OS. The summed E-state index contributed by atoms with van der Waals surface area (Å²) in [4.78, 5) is 7.79. The summed E-state index contributed by atoms with van der Waals surface area (Å²) in [6.45, 7) is 6.66. The van der Waals surface area contributed by atoms with Crippen LogP contribution in [0, 0.1) is 0 Å². The van der Waals surface area contributed by atoms with E-state index >= 15 is 0 Å². The standard InChI is InChI=1S/C21H18N4OS.C7H15N/c1-27-15-7-8-17(19(11-15)26-13-14-5-3-2-4-6-14)20-16-9-10-23-12-18(16)21(22)25-24-20;1-2-8-6-4-3-5-7-8/h2-12H,13H2,1H3,(H2,22,25);2-7H2,1H3. The minimum atomic E-state index is 0.370. The molecule has 0 atom stereocenters. The van der Waals surface area contributed by atoms with Crippen LogP contribution < -0.4 is 10.5 Å². The van der Waals surface area contributed by atoms with Gasteiger partial charge in [0.15, 0.2) is 5.82 Å². The summed E-state index contributed by atoms with van der Waals surface area (Å²) in [7, 11) is 0. The number of fused-ring (bicyclic) bond motifs is 1. The summed E-state index contributed by atoms with van der Waals surface area (Å²) >= 11 is 1.67. The Morgan fingerprint density at radius 3 is 2.49 bits per heavy atom. The number of rotatable bonds is 6. The maximum Gasteiger partial charge on any atom is 0.155 e. The Bertz CT molecular complexity index is 1230. The van der Waals surface area contributed by atoms with Crippen molar-refractivity contribution in [1.29, 1.82) is 0 Å². The van der Waals surface area contributed by atoms with Gasteiger partial charge < -0.3 is 15.4 Å². The molecule has 2 aromatic heterocycles. The van der Waals surface area contributed by atoms with Crippen LogP contribution in [0.15, 0.2) is 71.9 Å². The number of benzene rings is 2. The van der Waals surface area contributed by atoms with Gasteiger partial charge in [-0.1, -0.05) is 43.7 Å². The van der Waals surface area contributed by atoms with E-state index in [2.05, 4.69) is 33.1 Å². The number of aromatic nitrogens is 3. The second kappa shape index (κ2) is 12.5. The van der Waals surface area contributed by atoms with Crippen molar-refractivity contribution < 1.29 is 4.74 Å². The first kappa shape index (κ1) is 24.9. The SMILES string of the molecule is CCN1CCCCC1.CSc1ccc(-c2nnc(N)c3cnccc23)c(OCc2ccccc2)c1. The minimum Gasteiger partial charge on any atom is -0.488 e. The van der Waals surface area contributed by atoms with Crippen LogP contribution in [0.5, 0.6) is 5.75 Å². The molecule has 7 heteroatoms. The van der Waals surface area contributed by atoms with Crippen LogP contribution in [0.2, 0.25) is 0 Å². The van der Waals surface area contributed by atoms with Gasteiger partial charge in [0.1, 0.15) is 18.1 Å². The van der Waals surface area contributed by atoms with Gasteiger partial charge in [-0.2, -0.15) is 0 Å². The van der Waals surface area contributed by atoms with Crippen LogP contribution >= 0.6 is 11.8 Å². The monoisotopic (exact) mass is 487 g/mol. The molecule has 0 unspecified atom stereocenters. The molecule has 6 nitrogen and oxygen atoms in total. The molecule has 1 saturated heterocycles. The Hall–Kier alpha value is -3.16. The van der Waals surface area contributed by atoms with Crippen molar-refractivity contribution in [2.24, 2.45) is 0 Å². The molecule has 182 valence electrons. The van der Waals surface area contributed by atoms with Gasteiger partial charge in [-0.05, 0) is 68.6 Å². The molecule has 0 saturated carbocycles. The molecule has 4 aromatic rings. The Labute approximate surface area is 211 Å². The van der Waals surface area contributed by atoms with E-state index in [-0.39, 0.29) is 0 Å². The number of piperidine rings is 1. The summed E-state index contributed by atoms with van der Waals surface area (Å²) in [5.74, 6) is 1.14. The third kappa shape index (κ3) is 6.50. The van der Waals surface area contributed by atoms with Crippen LogP contribution in [0.4, 0.5) is 5.82 Å². The Morgan fingerprint density at radius 2 is 1.77 bits per heavy atom. The summed E-state index contributed by atoms with van der Waals surface area (Å²) < 4.78 is 6.17. The van der Waals surface area contributed by atoms with E-state index in [4.69, 9.17) is 10.5 Å². The lowest BCUT2D eigenvalue weighted by Crippen LogP contribution is -2.29. The van der Waals surface area contributed by atoms with Crippen LogP contribution in [0.1, 0.15) is 31.7 Å². The van der Waals surface area contributed by atoms with E-state index in [9.17, 15) is 0 Å². The van der Waals surface area contributed by atoms with Crippen molar-refractivity contribution in [1.82, 2.24) is 20.1 Å². The molecule has 0 radical (unpaired) electrons. The van der Waals surface area contributed by atoms with E-state index in [0.29, 0.717) is 12.4 Å². The zero-order valence-electron chi connectivity index (χ0n) is 20.5. The largest absolute Gasteiger partial charge is 0.488 e. The number of nitrogens with zero attached hydrogens (tertiary/aromatic N) is 4. The van der Waals surface area contributed by atoms with Gasteiger partial charge >= 0.3 is 0 Å². The number of nitrogens with two attached hydrogens (primary N) is 1. The fourth-order valence-corrected chi connectivity index (χ4v) is 4.60. The lowest BCUT2D eigenvalue weighted by Gasteiger charge is -2.24. The van der Waals surface area contributed by atoms with E-state index < -0.39 is 0 Å². The lowest BCUT2D eigenvalue weighted by molar-refractivity contribution is 0.240. The predicted molar refractivity (Wildman–Crippen MR) is 146 cm³/mol. The Kier molecular flexibility index (Phi) is 8.92. The van der Waals surface area contributed by atoms with E-state index in [1.54, 1.807) is 24.2 Å². The number of thioether (sulfide) groups is 1. The summed E-state index contributed by atoms with van der Waals surface area (Å²) in [5.41, 5.74) is 8.70. The third-order valence-electron chi connectivity index (χ3n) is 6.19. The van der Waals surface area contributed by atoms with Gasteiger partial charge in [0, 0.05) is 33.6 Å². The van der Waals surface area contributed by atoms with Crippen LogP contribution in [-0.4, -0.2) is 46.0 Å². The average molecular weight is 488 g/mol. The number of hydrogen-bond donors (Lipinski definition) is 1. The number of ether oxygens (including phenoxy) is 1. The molecule has 2 N–H and O–H groups in total. The lowest BCUT2D eigenvalue weighted by atomic mass is 10.1. The van der Waals surface area contributed by atoms with Gasteiger partial charge in [0.2, 0.25) is 0 Å². The highest BCUT2D eigenvalue weighted by molar-refractivity contribution is 7.98. The van der Waals surface area contributed by atoms with Gasteiger partial charge in [-0.15, -0.1) is 22.0 Å². The number of hydrogen-bond acceptors (Lipinski definition) is 7. The van der Waals surface area contributed by atoms with Crippen LogP contribution in [-0.2, 0) is 6.61 Å². The molecule has 0 spiro atoms. The highest BCUT2D eigenvalue weighted by atomic mass is 32.2. The quantitative estimate of drug-likeness (QED) is 0.331. The van der Waals surface area contributed by atoms with Crippen molar-refractivity contribution in [3.63, 3.8) is 0 Å². The first-order chi connectivity index (χ1) is 17.2. The first-order valence-electron chi connectivity index (χ1n) is 12.1. The fourth-order valence-electron chi connectivity index (χ4n) is 4.17. The van der Waals surface area contributed by atoms with Gasteiger partial charge in [0.05, 0.1) is 0 Å². The topological polar surface area (TPSA) is 77.2 Å². The number of nitrogen functional groups attached to an aromatic ring is 1. The number of likely N-dealkylation sites (tertiary alicyclic amines) is 1. The van der Waals surface area contributed by atoms with Crippen LogP contribution in [0.25, 0.3) is 22.0 Å². The Balaban J connectivity index is 0.000000308. The minimum absolute atomic E-state index is 0.370. The highest BCUT2D eigenvalue weighted by Crippen LogP contribution is 2.36. The molecule has 35 heavy (non-hydrogen) atoms. The molecular weight excluding hydrogens is 454 g/mol. The molecule has 1 aliphatic heterocycles. The molecule has 0 aliphatic carbocycles.